The number of carboxylic acid groups (broad SMARTS) is 3. The Bertz CT molecular complexity index is 497. The standard InChI is InChI=1S/C10H13N3O6/c11-6(9(16)17)1-5-3-13(4-12-5)7(10(18)19)2-8(14)15/h3-4,6-7H,1-2,11H2,(H,14,15)(H,16,17)(H,18,19)/t6-,7?/m0/s1. The summed E-state index contributed by atoms with van der Waals surface area (Å²) in [7, 11) is 0. The average Bonchev–Trinajstić information content (AvgIpc) is 2.73. The Balaban J connectivity index is 2.84. The Labute approximate surface area is 107 Å². The molecule has 0 spiro atoms. The van der Waals surface area contributed by atoms with E-state index in [0.717, 1.165) is 10.9 Å². The minimum absolute atomic E-state index is 0.0677. The van der Waals surface area contributed by atoms with Gasteiger partial charge in [-0.05, 0) is 0 Å². The Morgan fingerprint density at radius 3 is 2.37 bits per heavy atom. The second-order valence-electron chi connectivity index (χ2n) is 3.91. The molecule has 0 amide bonds. The molecule has 0 saturated heterocycles. The Hall–Kier alpha value is -2.42. The lowest BCUT2D eigenvalue weighted by atomic mass is 10.2. The van der Waals surface area contributed by atoms with Gasteiger partial charge < -0.3 is 25.6 Å². The highest BCUT2D eigenvalue weighted by molar-refractivity contribution is 5.79. The zero-order valence-corrected chi connectivity index (χ0v) is 9.76. The fraction of sp³-hybridized carbons (Fsp3) is 0.400. The Morgan fingerprint density at radius 1 is 1.26 bits per heavy atom. The third kappa shape index (κ3) is 4.07. The van der Waals surface area contributed by atoms with E-state index >= 15 is 0 Å². The van der Waals surface area contributed by atoms with Gasteiger partial charge in [-0.1, -0.05) is 0 Å². The number of hydrogen-bond acceptors (Lipinski definition) is 5. The molecule has 5 N–H and O–H groups in total. The largest absolute Gasteiger partial charge is 0.481 e. The van der Waals surface area contributed by atoms with Crippen molar-refractivity contribution >= 4 is 17.9 Å². The molecule has 0 aromatic carbocycles. The third-order valence-electron chi connectivity index (χ3n) is 2.41. The minimum atomic E-state index is -1.31. The quantitative estimate of drug-likeness (QED) is 0.488. The van der Waals surface area contributed by atoms with E-state index in [0.29, 0.717) is 0 Å². The second kappa shape index (κ2) is 5.96. The molecule has 0 fully saturated rings. The highest BCUT2D eigenvalue weighted by Crippen LogP contribution is 2.13. The van der Waals surface area contributed by atoms with E-state index in [9.17, 15) is 14.4 Å². The molecule has 1 aromatic heterocycles. The summed E-state index contributed by atoms with van der Waals surface area (Å²) < 4.78 is 1.11. The van der Waals surface area contributed by atoms with Gasteiger partial charge in [-0.2, -0.15) is 0 Å². The minimum Gasteiger partial charge on any atom is -0.481 e. The molecule has 1 rings (SSSR count). The third-order valence-corrected chi connectivity index (χ3v) is 2.41. The first kappa shape index (κ1) is 14.6. The number of carbonyl (C=O) groups is 3. The van der Waals surface area contributed by atoms with E-state index in [2.05, 4.69) is 4.98 Å². The highest BCUT2D eigenvalue weighted by Gasteiger charge is 2.23. The molecule has 0 aliphatic rings. The lowest BCUT2D eigenvalue weighted by Gasteiger charge is -2.10. The fourth-order valence-corrected chi connectivity index (χ4v) is 1.45. The first-order valence-electron chi connectivity index (χ1n) is 5.26. The normalized spacial score (nSPS) is 13.7. The van der Waals surface area contributed by atoms with Crippen molar-refractivity contribution in [2.24, 2.45) is 5.73 Å². The van der Waals surface area contributed by atoms with Crippen molar-refractivity contribution in [2.45, 2.75) is 24.9 Å². The van der Waals surface area contributed by atoms with Gasteiger partial charge in [0.2, 0.25) is 0 Å². The lowest BCUT2D eigenvalue weighted by molar-refractivity contribution is -0.147. The van der Waals surface area contributed by atoms with Crippen LogP contribution in [0.2, 0.25) is 0 Å². The van der Waals surface area contributed by atoms with Crippen LogP contribution in [0.3, 0.4) is 0 Å². The number of nitrogens with two attached hydrogens (primary N) is 1. The van der Waals surface area contributed by atoms with Crippen LogP contribution in [0.4, 0.5) is 0 Å². The van der Waals surface area contributed by atoms with E-state index in [-0.39, 0.29) is 12.1 Å². The van der Waals surface area contributed by atoms with Crippen molar-refractivity contribution in [2.75, 3.05) is 0 Å². The second-order valence-corrected chi connectivity index (χ2v) is 3.91. The summed E-state index contributed by atoms with van der Waals surface area (Å²) in [5, 5.41) is 26.2. The lowest BCUT2D eigenvalue weighted by Crippen LogP contribution is -2.32. The molecule has 104 valence electrons. The number of rotatable bonds is 7. The van der Waals surface area contributed by atoms with Crippen molar-refractivity contribution in [1.82, 2.24) is 9.55 Å². The van der Waals surface area contributed by atoms with Crippen LogP contribution in [0.1, 0.15) is 18.2 Å². The van der Waals surface area contributed by atoms with E-state index < -0.39 is 36.4 Å². The predicted molar refractivity (Wildman–Crippen MR) is 60.5 cm³/mol. The summed E-state index contributed by atoms with van der Waals surface area (Å²) in [6.45, 7) is 0. The first-order chi connectivity index (χ1) is 8.81. The fourth-order valence-electron chi connectivity index (χ4n) is 1.45. The van der Waals surface area contributed by atoms with Crippen LogP contribution in [-0.4, -0.2) is 48.8 Å². The van der Waals surface area contributed by atoms with Gasteiger partial charge in [-0.3, -0.25) is 9.59 Å². The van der Waals surface area contributed by atoms with Gasteiger partial charge in [0.1, 0.15) is 12.1 Å². The maximum Gasteiger partial charge on any atom is 0.327 e. The van der Waals surface area contributed by atoms with Gasteiger partial charge in [-0.15, -0.1) is 0 Å². The molecule has 0 aliphatic heterocycles. The molecule has 0 bridgehead atoms. The number of imidazole rings is 1. The molecule has 0 radical (unpaired) electrons. The van der Waals surface area contributed by atoms with E-state index in [1.54, 1.807) is 0 Å². The molecule has 0 aliphatic carbocycles. The van der Waals surface area contributed by atoms with Gasteiger partial charge in [0, 0.05) is 12.6 Å². The summed E-state index contributed by atoms with van der Waals surface area (Å²) in [6.07, 6.45) is 1.76. The van der Waals surface area contributed by atoms with E-state index in [1.807, 2.05) is 0 Å². The van der Waals surface area contributed by atoms with Gasteiger partial charge in [-0.25, -0.2) is 9.78 Å². The van der Waals surface area contributed by atoms with E-state index in [1.165, 1.54) is 6.20 Å². The van der Waals surface area contributed by atoms with Gasteiger partial charge in [0.25, 0.3) is 0 Å². The van der Waals surface area contributed by atoms with Crippen molar-refractivity contribution in [3.8, 4) is 0 Å². The Morgan fingerprint density at radius 2 is 1.89 bits per heavy atom. The highest BCUT2D eigenvalue weighted by atomic mass is 16.4. The topological polar surface area (TPSA) is 156 Å². The molecule has 2 atom stereocenters. The van der Waals surface area contributed by atoms with Crippen molar-refractivity contribution < 1.29 is 29.7 Å². The van der Waals surface area contributed by atoms with Gasteiger partial charge in [0.15, 0.2) is 0 Å². The van der Waals surface area contributed by atoms with Crippen LogP contribution in [0.25, 0.3) is 0 Å². The van der Waals surface area contributed by atoms with Crippen LogP contribution >= 0.6 is 0 Å². The molecule has 1 unspecified atom stereocenters. The number of nitrogens with zero attached hydrogens (tertiary/aromatic N) is 2. The monoisotopic (exact) mass is 271 g/mol. The van der Waals surface area contributed by atoms with Gasteiger partial charge >= 0.3 is 17.9 Å². The van der Waals surface area contributed by atoms with Crippen LogP contribution in [0.5, 0.6) is 0 Å². The van der Waals surface area contributed by atoms with Gasteiger partial charge in [0.05, 0.1) is 18.4 Å². The molecular formula is C10H13N3O6. The summed E-state index contributed by atoms with van der Waals surface area (Å²) in [4.78, 5) is 35.9. The van der Waals surface area contributed by atoms with E-state index in [4.69, 9.17) is 21.1 Å². The van der Waals surface area contributed by atoms with Crippen LogP contribution in [-0.2, 0) is 20.8 Å². The number of hydrogen-bond donors (Lipinski definition) is 4. The summed E-state index contributed by atoms with van der Waals surface area (Å²) >= 11 is 0. The zero-order valence-electron chi connectivity index (χ0n) is 9.76. The number of aromatic nitrogens is 2. The summed E-state index contributed by atoms with van der Waals surface area (Å²) in [5.41, 5.74) is 5.60. The average molecular weight is 271 g/mol. The summed E-state index contributed by atoms with van der Waals surface area (Å²) in [6, 6.07) is -2.44. The Kier molecular flexibility index (Phi) is 4.59. The maximum atomic E-state index is 10.9. The molecule has 0 saturated carbocycles. The summed E-state index contributed by atoms with van der Waals surface area (Å²) in [5.74, 6) is -3.77. The molecule has 9 nitrogen and oxygen atoms in total. The maximum absolute atomic E-state index is 10.9. The molecule has 1 heterocycles. The zero-order chi connectivity index (χ0) is 14.6. The smallest absolute Gasteiger partial charge is 0.327 e. The van der Waals surface area contributed by atoms with Crippen LogP contribution in [0.15, 0.2) is 12.5 Å². The van der Waals surface area contributed by atoms with Crippen molar-refractivity contribution in [3.05, 3.63) is 18.2 Å². The SMILES string of the molecule is N[C@@H](Cc1cn(C(CC(=O)O)C(=O)O)cn1)C(=O)O. The van der Waals surface area contributed by atoms with Crippen molar-refractivity contribution in [1.29, 1.82) is 0 Å². The first-order valence-corrected chi connectivity index (χ1v) is 5.26. The molecular weight excluding hydrogens is 258 g/mol. The molecule has 1 aromatic rings. The number of aliphatic carboxylic acids is 3. The number of carboxylic acids is 3. The predicted octanol–water partition coefficient (Wildman–Crippen LogP) is -1.06. The van der Waals surface area contributed by atoms with Crippen molar-refractivity contribution in [3.63, 3.8) is 0 Å². The van der Waals surface area contributed by atoms with Crippen LogP contribution in [0, 0.1) is 0 Å². The molecule has 9 heteroatoms. The molecule has 19 heavy (non-hydrogen) atoms. The van der Waals surface area contributed by atoms with Crippen LogP contribution < -0.4 is 5.73 Å².